The lowest BCUT2D eigenvalue weighted by molar-refractivity contribution is -0.130. The Balaban J connectivity index is 2.33. The van der Waals surface area contributed by atoms with E-state index in [0.717, 1.165) is 24.3 Å². The van der Waals surface area contributed by atoms with Crippen LogP contribution in [0.4, 0.5) is 10.1 Å². The van der Waals surface area contributed by atoms with Crippen LogP contribution in [0.25, 0.3) is 11.6 Å². The molecule has 0 aliphatic heterocycles. The minimum atomic E-state index is -1.04. The summed E-state index contributed by atoms with van der Waals surface area (Å²) in [5.41, 5.74) is 2.51. The molecule has 0 fully saturated rings. The first-order valence-corrected chi connectivity index (χ1v) is 7.61. The molecule has 0 unspecified atom stereocenters. The summed E-state index contributed by atoms with van der Waals surface area (Å²) in [6, 6.07) is 13.2. The minimum Gasteiger partial charge on any atom is -0.478 e. The van der Waals surface area contributed by atoms with Gasteiger partial charge in [-0.2, -0.15) is 0 Å². The number of hydrogen-bond acceptors (Lipinski definition) is 2. The molecule has 0 saturated carbocycles. The van der Waals surface area contributed by atoms with Crippen molar-refractivity contribution in [2.75, 3.05) is 18.0 Å². The van der Waals surface area contributed by atoms with Gasteiger partial charge in [-0.1, -0.05) is 24.3 Å². The zero-order valence-corrected chi connectivity index (χ0v) is 13.3. The molecule has 0 amide bonds. The van der Waals surface area contributed by atoms with Crippen LogP contribution in [0.3, 0.4) is 0 Å². The maximum atomic E-state index is 13.0. The number of carboxylic acids is 1. The fourth-order valence-electron chi connectivity index (χ4n) is 2.43. The largest absolute Gasteiger partial charge is 0.478 e. The molecule has 0 radical (unpaired) electrons. The third kappa shape index (κ3) is 4.19. The molecule has 0 heterocycles. The molecule has 2 aromatic carbocycles. The lowest BCUT2D eigenvalue weighted by Crippen LogP contribution is -2.21. The van der Waals surface area contributed by atoms with E-state index in [4.69, 9.17) is 0 Å². The number of nitrogens with zero attached hydrogens (tertiary/aromatic N) is 1. The van der Waals surface area contributed by atoms with E-state index >= 15 is 0 Å². The van der Waals surface area contributed by atoms with Crippen molar-refractivity contribution in [1.82, 2.24) is 0 Å². The number of aliphatic carboxylic acids is 1. The molecule has 23 heavy (non-hydrogen) atoms. The van der Waals surface area contributed by atoms with Crippen LogP contribution in [0.2, 0.25) is 0 Å². The van der Waals surface area contributed by atoms with Gasteiger partial charge in [-0.3, -0.25) is 0 Å². The smallest absolute Gasteiger partial charge is 0.336 e. The first-order valence-electron chi connectivity index (χ1n) is 7.61. The van der Waals surface area contributed by atoms with Gasteiger partial charge in [0.05, 0.1) is 5.57 Å². The van der Waals surface area contributed by atoms with Gasteiger partial charge in [0.25, 0.3) is 0 Å². The number of anilines is 1. The molecule has 4 heteroatoms. The molecule has 0 saturated heterocycles. The van der Waals surface area contributed by atoms with Crippen molar-refractivity contribution in [1.29, 1.82) is 0 Å². The number of benzene rings is 2. The summed E-state index contributed by atoms with van der Waals surface area (Å²) in [4.78, 5) is 13.7. The van der Waals surface area contributed by atoms with E-state index in [0.29, 0.717) is 5.56 Å². The molecule has 0 bridgehead atoms. The van der Waals surface area contributed by atoms with Gasteiger partial charge in [-0.15, -0.1) is 0 Å². The Hall–Kier alpha value is -2.62. The summed E-state index contributed by atoms with van der Waals surface area (Å²) in [6.07, 6.45) is 1.60. The quantitative estimate of drug-likeness (QED) is 0.638. The Morgan fingerprint density at radius 1 is 1.04 bits per heavy atom. The summed E-state index contributed by atoms with van der Waals surface area (Å²) in [5.74, 6) is -1.42. The fraction of sp³-hybridized carbons (Fsp3) is 0.211. The second kappa shape index (κ2) is 7.58. The van der Waals surface area contributed by atoms with Crippen molar-refractivity contribution < 1.29 is 14.3 Å². The van der Waals surface area contributed by atoms with Crippen molar-refractivity contribution >= 4 is 23.3 Å². The van der Waals surface area contributed by atoms with Gasteiger partial charge in [0.15, 0.2) is 0 Å². The molecule has 0 spiro atoms. The summed E-state index contributed by atoms with van der Waals surface area (Å²) < 4.78 is 13.0. The van der Waals surface area contributed by atoms with E-state index in [1.54, 1.807) is 6.08 Å². The van der Waals surface area contributed by atoms with Crippen molar-refractivity contribution in [2.45, 2.75) is 13.8 Å². The van der Waals surface area contributed by atoms with E-state index < -0.39 is 5.97 Å². The first kappa shape index (κ1) is 16.7. The van der Waals surface area contributed by atoms with Gasteiger partial charge in [-0.05, 0) is 55.3 Å². The second-order valence-electron chi connectivity index (χ2n) is 5.13. The Morgan fingerprint density at radius 3 is 2.09 bits per heavy atom. The van der Waals surface area contributed by atoms with E-state index in [-0.39, 0.29) is 11.4 Å². The first-order chi connectivity index (χ1) is 11.0. The highest BCUT2D eigenvalue weighted by molar-refractivity contribution is 6.20. The maximum Gasteiger partial charge on any atom is 0.336 e. The molecule has 0 atom stereocenters. The third-order valence-corrected chi connectivity index (χ3v) is 3.72. The standard InChI is InChI=1S/C19H20FNO2/c1-3-21(4-2)17-11-5-14(6-12-17)13-18(19(22)23)15-7-9-16(20)10-8-15/h5-13H,3-4H2,1-2H3,(H,22,23)/b18-13-. The summed E-state index contributed by atoms with van der Waals surface area (Å²) in [6.45, 7) is 6.02. The summed E-state index contributed by atoms with van der Waals surface area (Å²) in [5, 5.41) is 9.41. The second-order valence-corrected chi connectivity index (χ2v) is 5.13. The molecule has 0 aliphatic rings. The average Bonchev–Trinajstić information content (AvgIpc) is 2.56. The molecule has 0 aromatic heterocycles. The van der Waals surface area contributed by atoms with Crippen molar-refractivity contribution in [3.05, 3.63) is 65.5 Å². The number of carboxylic acid groups (broad SMARTS) is 1. The Labute approximate surface area is 135 Å². The van der Waals surface area contributed by atoms with Crippen LogP contribution >= 0.6 is 0 Å². The maximum absolute atomic E-state index is 13.0. The van der Waals surface area contributed by atoms with Crippen LogP contribution in [-0.4, -0.2) is 24.2 Å². The van der Waals surface area contributed by atoms with Gasteiger partial charge in [0, 0.05) is 18.8 Å². The topological polar surface area (TPSA) is 40.5 Å². The highest BCUT2D eigenvalue weighted by atomic mass is 19.1. The van der Waals surface area contributed by atoms with Crippen LogP contribution < -0.4 is 4.90 Å². The van der Waals surface area contributed by atoms with Gasteiger partial charge in [-0.25, -0.2) is 9.18 Å². The highest BCUT2D eigenvalue weighted by Crippen LogP contribution is 2.21. The van der Waals surface area contributed by atoms with Gasteiger partial charge < -0.3 is 10.0 Å². The van der Waals surface area contributed by atoms with E-state index in [2.05, 4.69) is 18.7 Å². The van der Waals surface area contributed by atoms with Crippen LogP contribution in [0.15, 0.2) is 48.5 Å². The number of halogens is 1. The lowest BCUT2D eigenvalue weighted by atomic mass is 10.0. The van der Waals surface area contributed by atoms with Gasteiger partial charge in [0.2, 0.25) is 0 Å². The van der Waals surface area contributed by atoms with Crippen LogP contribution in [0.1, 0.15) is 25.0 Å². The van der Waals surface area contributed by atoms with Gasteiger partial charge in [0.1, 0.15) is 5.82 Å². The number of hydrogen-bond donors (Lipinski definition) is 1. The molecule has 120 valence electrons. The Kier molecular flexibility index (Phi) is 5.52. The SMILES string of the molecule is CCN(CC)c1ccc(/C=C(\C(=O)O)c2ccc(F)cc2)cc1. The van der Waals surface area contributed by atoms with Crippen LogP contribution in [0.5, 0.6) is 0 Å². The zero-order valence-electron chi connectivity index (χ0n) is 13.3. The summed E-state index contributed by atoms with van der Waals surface area (Å²) >= 11 is 0. The highest BCUT2D eigenvalue weighted by Gasteiger charge is 2.11. The minimum absolute atomic E-state index is 0.139. The predicted molar refractivity (Wildman–Crippen MR) is 91.9 cm³/mol. The monoisotopic (exact) mass is 313 g/mol. The van der Waals surface area contributed by atoms with Gasteiger partial charge >= 0.3 is 5.97 Å². The molecule has 2 aromatic rings. The zero-order chi connectivity index (χ0) is 16.8. The van der Waals surface area contributed by atoms with Crippen molar-refractivity contribution in [3.8, 4) is 0 Å². The number of carbonyl (C=O) groups is 1. The molecule has 3 nitrogen and oxygen atoms in total. The third-order valence-electron chi connectivity index (χ3n) is 3.72. The molecule has 0 aliphatic carbocycles. The lowest BCUT2D eigenvalue weighted by Gasteiger charge is -2.20. The molecule has 1 N–H and O–H groups in total. The van der Waals surface area contributed by atoms with Crippen molar-refractivity contribution in [3.63, 3.8) is 0 Å². The van der Waals surface area contributed by atoms with Crippen molar-refractivity contribution in [2.24, 2.45) is 0 Å². The normalized spacial score (nSPS) is 11.3. The van der Waals surface area contributed by atoms with E-state index in [9.17, 15) is 14.3 Å². The number of rotatable bonds is 6. The molecule has 2 rings (SSSR count). The predicted octanol–water partition coefficient (Wildman–Crippen LogP) is 4.30. The fourth-order valence-corrected chi connectivity index (χ4v) is 2.43. The van der Waals surface area contributed by atoms with E-state index in [1.807, 2.05) is 24.3 Å². The van der Waals surface area contributed by atoms with Crippen LogP contribution in [-0.2, 0) is 4.79 Å². The average molecular weight is 313 g/mol. The summed E-state index contributed by atoms with van der Waals surface area (Å²) in [7, 11) is 0. The van der Waals surface area contributed by atoms with E-state index in [1.165, 1.54) is 24.3 Å². The van der Waals surface area contributed by atoms with Crippen LogP contribution in [0, 0.1) is 5.82 Å². The molecular formula is C19H20FNO2. The molecular weight excluding hydrogens is 293 g/mol. The Bertz CT molecular complexity index is 686. The Morgan fingerprint density at radius 2 is 1.61 bits per heavy atom.